The maximum atomic E-state index is 13.4. The number of benzene rings is 2. The van der Waals surface area contributed by atoms with E-state index in [0.717, 1.165) is 6.20 Å². The van der Waals surface area contributed by atoms with Gasteiger partial charge in [-0.2, -0.15) is 13.2 Å². The number of halogens is 3. The van der Waals surface area contributed by atoms with Crippen molar-refractivity contribution in [3.63, 3.8) is 0 Å². The van der Waals surface area contributed by atoms with Gasteiger partial charge in [0.15, 0.2) is 0 Å². The Bertz CT molecular complexity index is 1050. The van der Waals surface area contributed by atoms with Crippen molar-refractivity contribution in [1.82, 2.24) is 9.97 Å². The van der Waals surface area contributed by atoms with E-state index >= 15 is 0 Å². The van der Waals surface area contributed by atoms with Crippen molar-refractivity contribution < 1.29 is 17.7 Å². The Balaban J connectivity index is 1.99. The molecule has 0 saturated heterocycles. The van der Waals surface area contributed by atoms with E-state index in [9.17, 15) is 17.7 Å². The highest BCUT2D eigenvalue weighted by Crippen LogP contribution is 2.37. The fraction of sp³-hybridized carbons (Fsp3) is 0.158. The second-order valence-electron chi connectivity index (χ2n) is 6.53. The monoisotopic (exact) mass is 423 g/mol. The SMILES string of the molecule is CP(C)(=O)c1ccc(Nc2ncc(C(F)(F)F)c(-c3cccc(S)c3)n2)cc1. The van der Waals surface area contributed by atoms with Crippen molar-refractivity contribution >= 4 is 36.7 Å². The first-order chi connectivity index (χ1) is 13.0. The second kappa shape index (κ2) is 7.60. The molecule has 4 nitrogen and oxygen atoms in total. The van der Waals surface area contributed by atoms with E-state index in [-0.39, 0.29) is 11.6 Å². The molecule has 0 atom stereocenters. The minimum absolute atomic E-state index is 0.0245. The summed E-state index contributed by atoms with van der Waals surface area (Å²) in [5, 5.41) is 3.59. The average molecular weight is 423 g/mol. The first-order valence-corrected chi connectivity index (χ1v) is 11.3. The Labute approximate surface area is 166 Å². The summed E-state index contributed by atoms with van der Waals surface area (Å²) in [6.07, 6.45) is -3.83. The molecule has 2 aromatic carbocycles. The van der Waals surface area contributed by atoms with Crippen LogP contribution >= 0.6 is 19.8 Å². The van der Waals surface area contributed by atoms with E-state index in [4.69, 9.17) is 0 Å². The lowest BCUT2D eigenvalue weighted by Crippen LogP contribution is -2.11. The summed E-state index contributed by atoms with van der Waals surface area (Å²) in [5.41, 5.74) is -0.293. The predicted molar refractivity (Wildman–Crippen MR) is 109 cm³/mol. The van der Waals surface area contributed by atoms with Crippen LogP contribution in [0, 0.1) is 0 Å². The highest BCUT2D eigenvalue weighted by molar-refractivity contribution is 7.80. The lowest BCUT2D eigenvalue weighted by molar-refractivity contribution is -0.137. The molecule has 146 valence electrons. The largest absolute Gasteiger partial charge is 0.419 e. The van der Waals surface area contributed by atoms with E-state index in [0.29, 0.717) is 21.5 Å². The summed E-state index contributed by atoms with van der Waals surface area (Å²) in [6, 6.07) is 13.1. The number of aromatic nitrogens is 2. The van der Waals surface area contributed by atoms with Crippen LogP contribution < -0.4 is 10.6 Å². The minimum Gasteiger partial charge on any atom is -0.324 e. The molecule has 0 aliphatic heterocycles. The number of alkyl halides is 3. The van der Waals surface area contributed by atoms with Crippen LogP contribution in [0.25, 0.3) is 11.3 Å². The van der Waals surface area contributed by atoms with Gasteiger partial charge in [0.1, 0.15) is 12.7 Å². The van der Waals surface area contributed by atoms with Crippen LogP contribution in [0.4, 0.5) is 24.8 Å². The second-order valence-corrected chi connectivity index (χ2v) is 10.3. The Morgan fingerprint density at radius 2 is 1.75 bits per heavy atom. The van der Waals surface area contributed by atoms with Gasteiger partial charge < -0.3 is 9.88 Å². The molecule has 0 aliphatic carbocycles. The molecule has 3 aromatic rings. The Hall–Kier alpha value is -2.31. The van der Waals surface area contributed by atoms with Gasteiger partial charge in [-0.3, -0.25) is 0 Å². The molecule has 28 heavy (non-hydrogen) atoms. The molecule has 1 aromatic heterocycles. The van der Waals surface area contributed by atoms with Crippen molar-refractivity contribution in [2.24, 2.45) is 0 Å². The molecule has 0 fully saturated rings. The van der Waals surface area contributed by atoms with Crippen LogP contribution in [0.15, 0.2) is 59.6 Å². The molecule has 0 bridgehead atoms. The number of hydrogen-bond donors (Lipinski definition) is 2. The smallest absolute Gasteiger partial charge is 0.324 e. The van der Waals surface area contributed by atoms with Crippen molar-refractivity contribution in [1.29, 1.82) is 0 Å². The van der Waals surface area contributed by atoms with E-state index in [1.165, 1.54) is 12.1 Å². The summed E-state index contributed by atoms with van der Waals surface area (Å²) < 4.78 is 52.3. The first kappa shape index (κ1) is 20.4. The zero-order valence-electron chi connectivity index (χ0n) is 15.0. The quantitative estimate of drug-likeness (QED) is 0.433. The zero-order valence-corrected chi connectivity index (χ0v) is 16.8. The van der Waals surface area contributed by atoms with E-state index in [1.807, 2.05) is 0 Å². The highest BCUT2D eigenvalue weighted by Gasteiger charge is 2.35. The number of nitrogens with zero attached hydrogens (tertiary/aromatic N) is 2. The number of rotatable bonds is 4. The Kier molecular flexibility index (Phi) is 5.55. The fourth-order valence-electron chi connectivity index (χ4n) is 2.56. The average Bonchev–Trinajstić information content (AvgIpc) is 2.60. The number of hydrogen-bond acceptors (Lipinski definition) is 5. The summed E-state index contributed by atoms with van der Waals surface area (Å²) in [7, 11) is -2.39. The molecule has 0 saturated carbocycles. The summed E-state index contributed by atoms with van der Waals surface area (Å²) >= 11 is 4.19. The van der Waals surface area contributed by atoms with Gasteiger partial charge in [-0.25, -0.2) is 9.97 Å². The normalized spacial score (nSPS) is 12.1. The molecule has 0 spiro atoms. The van der Waals surface area contributed by atoms with Crippen molar-refractivity contribution in [2.75, 3.05) is 18.6 Å². The third kappa shape index (κ3) is 4.75. The van der Waals surface area contributed by atoms with Crippen molar-refractivity contribution in [3.05, 3.63) is 60.3 Å². The lowest BCUT2D eigenvalue weighted by Gasteiger charge is -2.14. The van der Waals surface area contributed by atoms with Crippen molar-refractivity contribution in [3.8, 4) is 11.3 Å². The van der Waals surface area contributed by atoms with E-state index in [2.05, 4.69) is 27.9 Å². The lowest BCUT2D eigenvalue weighted by atomic mass is 10.1. The Morgan fingerprint density at radius 3 is 2.32 bits per heavy atom. The van der Waals surface area contributed by atoms with Crippen LogP contribution in [-0.2, 0) is 10.7 Å². The Morgan fingerprint density at radius 1 is 1.07 bits per heavy atom. The molecule has 0 radical (unpaired) electrons. The molecule has 0 unspecified atom stereocenters. The number of anilines is 2. The molecule has 1 heterocycles. The van der Waals surface area contributed by atoms with Crippen LogP contribution in [0.1, 0.15) is 5.56 Å². The van der Waals surface area contributed by atoms with Gasteiger partial charge in [-0.1, -0.05) is 12.1 Å². The number of thiol groups is 1. The molecule has 0 aliphatic rings. The molecule has 1 N–H and O–H groups in total. The van der Waals surface area contributed by atoms with E-state index < -0.39 is 18.9 Å². The predicted octanol–water partition coefficient (Wildman–Crippen LogP) is 5.44. The van der Waals surface area contributed by atoms with Gasteiger partial charge in [0.05, 0.1) is 5.69 Å². The van der Waals surface area contributed by atoms with Gasteiger partial charge in [-0.15, -0.1) is 12.6 Å². The van der Waals surface area contributed by atoms with Gasteiger partial charge in [0, 0.05) is 27.6 Å². The van der Waals surface area contributed by atoms with Crippen LogP contribution in [0.2, 0.25) is 0 Å². The van der Waals surface area contributed by atoms with Gasteiger partial charge >= 0.3 is 6.18 Å². The topological polar surface area (TPSA) is 54.9 Å². The van der Waals surface area contributed by atoms with Gasteiger partial charge in [0.25, 0.3) is 0 Å². The van der Waals surface area contributed by atoms with Gasteiger partial charge in [-0.05, 0) is 49.7 Å². The fourth-order valence-corrected chi connectivity index (χ4v) is 3.65. The molecular weight excluding hydrogens is 406 g/mol. The highest BCUT2D eigenvalue weighted by atomic mass is 32.1. The number of nitrogens with one attached hydrogen (secondary N) is 1. The zero-order chi connectivity index (χ0) is 20.5. The maximum Gasteiger partial charge on any atom is 0.419 e. The maximum absolute atomic E-state index is 13.4. The van der Waals surface area contributed by atoms with E-state index in [1.54, 1.807) is 49.7 Å². The molecule has 3 rings (SSSR count). The standard InChI is InChI=1S/C19H17F3N3OPS/c1-27(2,26)14-8-6-13(7-9-14)24-18-23-11-16(19(20,21)22)17(25-18)12-4-3-5-15(28)10-12/h3-11,28H,1-2H3,(H,23,24,25). The summed E-state index contributed by atoms with van der Waals surface area (Å²) in [5.74, 6) is 0.0245. The first-order valence-electron chi connectivity index (χ1n) is 8.20. The molecule has 0 amide bonds. The third-order valence-corrected chi connectivity index (χ3v) is 5.78. The molecular formula is C19H17F3N3OPS. The molecule has 9 heteroatoms. The van der Waals surface area contributed by atoms with Gasteiger partial charge in [0.2, 0.25) is 5.95 Å². The van der Waals surface area contributed by atoms with Crippen LogP contribution in [-0.4, -0.2) is 23.3 Å². The summed E-state index contributed by atoms with van der Waals surface area (Å²) in [6.45, 7) is 3.33. The van der Waals surface area contributed by atoms with Crippen LogP contribution in [0.5, 0.6) is 0 Å². The van der Waals surface area contributed by atoms with Crippen molar-refractivity contribution in [2.45, 2.75) is 11.1 Å². The third-order valence-electron chi connectivity index (χ3n) is 3.96. The minimum atomic E-state index is -4.59. The van der Waals surface area contributed by atoms with Crippen LogP contribution in [0.3, 0.4) is 0 Å². The summed E-state index contributed by atoms with van der Waals surface area (Å²) in [4.78, 5) is 8.42.